The summed E-state index contributed by atoms with van der Waals surface area (Å²) in [5.74, 6) is 3.20. The largest absolute Gasteiger partial charge is 0.309 e. The molecule has 82 valence electrons. The standard InChI is InChI=1S/C13H25N/c1-14(2)10-12-8-5-7-11-6-3-4-9-13(11)12/h11-13H,3-10H2,1-2H3/t11?,12-,13?/m1/s1. The number of hydrogen-bond acceptors (Lipinski definition) is 1. The number of fused-ring (bicyclic) bond motifs is 1. The molecular formula is C13H25N. The van der Waals surface area contributed by atoms with E-state index >= 15 is 0 Å². The van der Waals surface area contributed by atoms with Gasteiger partial charge >= 0.3 is 0 Å². The van der Waals surface area contributed by atoms with Crippen LogP contribution in [-0.4, -0.2) is 25.5 Å². The summed E-state index contributed by atoms with van der Waals surface area (Å²) in [6, 6.07) is 0. The van der Waals surface area contributed by atoms with Crippen LogP contribution in [0.25, 0.3) is 0 Å². The van der Waals surface area contributed by atoms with Crippen LogP contribution in [0.4, 0.5) is 0 Å². The van der Waals surface area contributed by atoms with E-state index in [-0.39, 0.29) is 0 Å². The predicted octanol–water partition coefficient (Wildman–Crippen LogP) is 3.15. The van der Waals surface area contributed by atoms with E-state index in [1.807, 2.05) is 0 Å². The van der Waals surface area contributed by atoms with Crippen LogP contribution in [0.15, 0.2) is 0 Å². The smallest absolute Gasteiger partial charge is 0.000631 e. The highest BCUT2D eigenvalue weighted by atomic mass is 15.1. The molecule has 2 aliphatic rings. The molecule has 2 fully saturated rings. The molecule has 0 N–H and O–H groups in total. The Kier molecular flexibility index (Phi) is 3.48. The van der Waals surface area contributed by atoms with Crippen molar-refractivity contribution < 1.29 is 0 Å². The quantitative estimate of drug-likeness (QED) is 0.654. The fourth-order valence-corrected chi connectivity index (χ4v) is 3.77. The minimum atomic E-state index is 1.02. The second kappa shape index (κ2) is 4.65. The van der Waals surface area contributed by atoms with Crippen molar-refractivity contribution in [2.24, 2.45) is 17.8 Å². The van der Waals surface area contributed by atoms with E-state index in [4.69, 9.17) is 0 Å². The van der Waals surface area contributed by atoms with Crippen molar-refractivity contribution in [3.8, 4) is 0 Å². The van der Waals surface area contributed by atoms with Gasteiger partial charge in [-0.15, -0.1) is 0 Å². The van der Waals surface area contributed by atoms with Crippen molar-refractivity contribution in [3.05, 3.63) is 0 Å². The highest BCUT2D eigenvalue weighted by Gasteiger charge is 2.34. The second-order valence-electron chi connectivity index (χ2n) is 5.66. The maximum Gasteiger partial charge on any atom is 0.000631 e. The summed E-state index contributed by atoms with van der Waals surface area (Å²) in [4.78, 5) is 2.39. The van der Waals surface area contributed by atoms with Crippen molar-refractivity contribution in [1.82, 2.24) is 4.90 Å². The van der Waals surface area contributed by atoms with Crippen molar-refractivity contribution in [2.45, 2.75) is 44.9 Å². The van der Waals surface area contributed by atoms with Gasteiger partial charge in [-0.05, 0) is 44.7 Å². The molecule has 2 saturated carbocycles. The SMILES string of the molecule is CN(C)C[C@H]1CCCC2CCCCC21. The van der Waals surface area contributed by atoms with Crippen LogP contribution in [0.5, 0.6) is 0 Å². The van der Waals surface area contributed by atoms with Gasteiger partial charge in [0.25, 0.3) is 0 Å². The Bertz CT molecular complexity index is 174. The van der Waals surface area contributed by atoms with Crippen LogP contribution in [0.2, 0.25) is 0 Å². The third-order valence-corrected chi connectivity index (χ3v) is 4.32. The normalized spacial score (nSPS) is 38.4. The highest BCUT2D eigenvalue weighted by Crippen LogP contribution is 2.43. The number of nitrogens with zero attached hydrogens (tertiary/aromatic N) is 1. The van der Waals surface area contributed by atoms with Gasteiger partial charge in [0.2, 0.25) is 0 Å². The van der Waals surface area contributed by atoms with Crippen molar-refractivity contribution in [2.75, 3.05) is 20.6 Å². The van der Waals surface area contributed by atoms with E-state index in [0.717, 1.165) is 17.8 Å². The topological polar surface area (TPSA) is 3.24 Å². The van der Waals surface area contributed by atoms with Crippen LogP contribution in [0, 0.1) is 17.8 Å². The van der Waals surface area contributed by atoms with Crippen molar-refractivity contribution in [1.29, 1.82) is 0 Å². The summed E-state index contributed by atoms with van der Waals surface area (Å²) in [6.07, 6.45) is 10.6. The Hall–Kier alpha value is -0.0400. The van der Waals surface area contributed by atoms with Gasteiger partial charge in [-0.25, -0.2) is 0 Å². The molecule has 0 spiro atoms. The Morgan fingerprint density at radius 2 is 1.64 bits per heavy atom. The molecule has 0 heterocycles. The highest BCUT2D eigenvalue weighted by molar-refractivity contribution is 4.85. The summed E-state index contributed by atoms with van der Waals surface area (Å²) in [5.41, 5.74) is 0. The van der Waals surface area contributed by atoms with Crippen LogP contribution in [0.1, 0.15) is 44.9 Å². The average Bonchev–Trinajstić information content (AvgIpc) is 2.18. The van der Waals surface area contributed by atoms with Gasteiger partial charge in [-0.1, -0.05) is 32.1 Å². The lowest BCUT2D eigenvalue weighted by Crippen LogP contribution is -2.36. The molecule has 0 saturated heterocycles. The average molecular weight is 195 g/mol. The molecule has 14 heavy (non-hydrogen) atoms. The zero-order valence-electron chi connectivity index (χ0n) is 9.84. The first-order valence-corrected chi connectivity index (χ1v) is 6.42. The zero-order chi connectivity index (χ0) is 9.97. The van der Waals surface area contributed by atoms with E-state index in [9.17, 15) is 0 Å². The first kappa shape index (κ1) is 10.5. The number of hydrogen-bond donors (Lipinski definition) is 0. The first-order chi connectivity index (χ1) is 6.77. The van der Waals surface area contributed by atoms with Crippen LogP contribution in [-0.2, 0) is 0 Å². The Labute approximate surface area is 88.9 Å². The fourth-order valence-electron chi connectivity index (χ4n) is 3.77. The van der Waals surface area contributed by atoms with Gasteiger partial charge in [0, 0.05) is 6.54 Å². The minimum Gasteiger partial charge on any atom is -0.309 e. The molecular weight excluding hydrogens is 170 g/mol. The number of rotatable bonds is 2. The van der Waals surface area contributed by atoms with E-state index in [1.54, 1.807) is 0 Å². The molecule has 2 aliphatic carbocycles. The maximum absolute atomic E-state index is 2.39. The van der Waals surface area contributed by atoms with Crippen LogP contribution < -0.4 is 0 Å². The van der Waals surface area contributed by atoms with E-state index in [0.29, 0.717) is 0 Å². The maximum atomic E-state index is 2.39. The van der Waals surface area contributed by atoms with Crippen molar-refractivity contribution in [3.63, 3.8) is 0 Å². The molecule has 0 bridgehead atoms. The Morgan fingerprint density at radius 3 is 2.43 bits per heavy atom. The molecule has 0 aliphatic heterocycles. The molecule has 1 nitrogen and oxygen atoms in total. The van der Waals surface area contributed by atoms with E-state index < -0.39 is 0 Å². The third-order valence-electron chi connectivity index (χ3n) is 4.32. The lowest BCUT2D eigenvalue weighted by Gasteiger charge is -2.42. The summed E-state index contributed by atoms with van der Waals surface area (Å²) in [5, 5.41) is 0. The van der Waals surface area contributed by atoms with Crippen molar-refractivity contribution >= 4 is 0 Å². The minimum absolute atomic E-state index is 1.02. The summed E-state index contributed by atoms with van der Waals surface area (Å²) < 4.78 is 0. The van der Waals surface area contributed by atoms with Gasteiger partial charge < -0.3 is 4.90 Å². The van der Waals surface area contributed by atoms with Gasteiger partial charge in [-0.2, -0.15) is 0 Å². The first-order valence-electron chi connectivity index (χ1n) is 6.42. The van der Waals surface area contributed by atoms with Gasteiger partial charge in [-0.3, -0.25) is 0 Å². The second-order valence-corrected chi connectivity index (χ2v) is 5.66. The van der Waals surface area contributed by atoms with Crippen LogP contribution >= 0.6 is 0 Å². The van der Waals surface area contributed by atoms with Gasteiger partial charge in [0.1, 0.15) is 0 Å². The molecule has 0 aromatic rings. The molecule has 0 radical (unpaired) electrons. The monoisotopic (exact) mass is 195 g/mol. The summed E-state index contributed by atoms with van der Waals surface area (Å²) in [7, 11) is 4.46. The van der Waals surface area contributed by atoms with Gasteiger partial charge in [0.15, 0.2) is 0 Å². The lowest BCUT2D eigenvalue weighted by atomic mass is 9.65. The molecule has 1 heteroatoms. The van der Waals surface area contributed by atoms with Crippen LogP contribution in [0.3, 0.4) is 0 Å². The summed E-state index contributed by atoms with van der Waals surface area (Å²) >= 11 is 0. The molecule has 0 aromatic carbocycles. The zero-order valence-corrected chi connectivity index (χ0v) is 9.84. The Morgan fingerprint density at radius 1 is 0.929 bits per heavy atom. The van der Waals surface area contributed by atoms with Gasteiger partial charge in [0.05, 0.1) is 0 Å². The molecule has 0 amide bonds. The Balaban J connectivity index is 1.94. The molecule has 2 unspecified atom stereocenters. The van der Waals surface area contributed by atoms with E-state index in [2.05, 4.69) is 19.0 Å². The lowest BCUT2D eigenvalue weighted by molar-refractivity contribution is 0.0849. The molecule has 0 aromatic heterocycles. The third kappa shape index (κ3) is 2.31. The molecule has 3 atom stereocenters. The summed E-state index contributed by atoms with van der Waals surface area (Å²) in [6.45, 7) is 1.33. The fraction of sp³-hybridized carbons (Fsp3) is 1.00. The molecule has 2 rings (SSSR count). The predicted molar refractivity (Wildman–Crippen MR) is 61.3 cm³/mol. The van der Waals surface area contributed by atoms with E-state index in [1.165, 1.54) is 51.5 Å².